The number of amides is 2. The number of fused-ring (bicyclic) bond motifs is 1. The summed E-state index contributed by atoms with van der Waals surface area (Å²) >= 11 is 0. The molecule has 2 N–H and O–H groups in total. The van der Waals surface area contributed by atoms with Crippen molar-refractivity contribution in [3.8, 4) is 0 Å². The summed E-state index contributed by atoms with van der Waals surface area (Å²) < 4.78 is 13.3. The van der Waals surface area contributed by atoms with Crippen molar-refractivity contribution in [2.75, 3.05) is 5.32 Å². The summed E-state index contributed by atoms with van der Waals surface area (Å²) in [5.41, 5.74) is 3.61. The van der Waals surface area contributed by atoms with E-state index in [0.717, 1.165) is 16.8 Å². The number of rotatable bonds is 6. The van der Waals surface area contributed by atoms with Gasteiger partial charge in [0.1, 0.15) is 12.0 Å². The Balaban J connectivity index is 1.63. The third-order valence-corrected chi connectivity index (χ3v) is 5.17. The predicted molar refractivity (Wildman–Crippen MR) is 118 cm³/mol. The average Bonchev–Trinajstić information content (AvgIpc) is 3.01. The van der Waals surface area contributed by atoms with Gasteiger partial charge in [-0.15, -0.1) is 0 Å². The van der Waals surface area contributed by atoms with Crippen LogP contribution in [0.2, 0.25) is 0 Å². The maximum absolute atomic E-state index is 13.3. The Labute approximate surface area is 180 Å². The summed E-state index contributed by atoms with van der Waals surface area (Å²) in [6.07, 6.45) is -0.405. The van der Waals surface area contributed by atoms with Gasteiger partial charge >= 0.3 is 0 Å². The highest BCUT2D eigenvalue weighted by molar-refractivity contribution is 5.99. The summed E-state index contributed by atoms with van der Waals surface area (Å²) in [6, 6.07) is 20.9. The molecular weight excluding hydrogens is 393 g/mol. The molecule has 0 radical (unpaired) electrons. The van der Waals surface area contributed by atoms with Gasteiger partial charge in [-0.3, -0.25) is 9.59 Å². The first-order chi connectivity index (χ1) is 14.9. The summed E-state index contributed by atoms with van der Waals surface area (Å²) in [5.74, 6) is -0.554. The molecule has 1 atom stereocenters. The quantitative estimate of drug-likeness (QED) is 0.610. The number of hydrogen-bond acceptors (Lipinski definition) is 3. The highest BCUT2D eigenvalue weighted by atomic mass is 19.1. The first-order valence-electron chi connectivity index (χ1n) is 10.2. The van der Waals surface area contributed by atoms with Crippen molar-refractivity contribution < 1.29 is 14.0 Å². The lowest BCUT2D eigenvalue weighted by Gasteiger charge is -2.27. The zero-order valence-electron chi connectivity index (χ0n) is 17.4. The second kappa shape index (κ2) is 8.60. The fourth-order valence-electron chi connectivity index (χ4n) is 3.73. The van der Waals surface area contributed by atoms with E-state index in [-0.39, 0.29) is 23.7 Å². The van der Waals surface area contributed by atoms with Crippen LogP contribution >= 0.6 is 0 Å². The Morgan fingerprint density at radius 1 is 1.03 bits per heavy atom. The predicted octanol–water partition coefficient (Wildman–Crippen LogP) is 4.73. The summed E-state index contributed by atoms with van der Waals surface area (Å²) in [7, 11) is 0. The molecule has 1 aliphatic rings. The van der Waals surface area contributed by atoms with Crippen LogP contribution in [0.1, 0.15) is 51.9 Å². The monoisotopic (exact) mass is 417 g/mol. The van der Waals surface area contributed by atoms with Crippen molar-refractivity contribution >= 4 is 17.5 Å². The minimum Gasteiger partial charge on any atom is -0.361 e. The van der Waals surface area contributed by atoms with E-state index in [2.05, 4.69) is 10.6 Å². The molecule has 4 rings (SSSR count). The van der Waals surface area contributed by atoms with Crippen molar-refractivity contribution in [3.05, 3.63) is 101 Å². The van der Waals surface area contributed by atoms with E-state index in [1.165, 1.54) is 12.1 Å². The Kier molecular flexibility index (Phi) is 5.71. The number of benzene rings is 3. The highest BCUT2D eigenvalue weighted by Gasteiger charge is 2.36. The Hall–Kier alpha value is -3.67. The van der Waals surface area contributed by atoms with Crippen molar-refractivity contribution in [2.45, 2.75) is 32.6 Å². The SMILES string of the molecule is CC(C)NC(=O)c1cccc(N[C@H]2c3ccccc3C(=O)N2Cc2ccc(F)cc2)c1. The van der Waals surface area contributed by atoms with Gasteiger partial charge in [-0.2, -0.15) is 0 Å². The van der Waals surface area contributed by atoms with Crippen LogP contribution in [-0.4, -0.2) is 22.8 Å². The van der Waals surface area contributed by atoms with Gasteiger partial charge in [0.15, 0.2) is 0 Å². The van der Waals surface area contributed by atoms with Crippen LogP contribution in [0.4, 0.5) is 10.1 Å². The number of halogens is 1. The standard InChI is InChI=1S/C25H24FN3O2/c1-16(2)27-24(30)18-6-5-7-20(14-18)28-23-21-8-3-4-9-22(21)25(31)29(23)15-17-10-12-19(26)13-11-17/h3-14,16,23,28H,15H2,1-2H3,(H,27,30)/t23-/m1/s1. The molecule has 6 heteroatoms. The molecule has 0 aliphatic carbocycles. The van der Waals surface area contributed by atoms with E-state index in [1.807, 2.05) is 50.2 Å². The van der Waals surface area contributed by atoms with Crippen molar-refractivity contribution in [1.29, 1.82) is 0 Å². The number of nitrogens with zero attached hydrogens (tertiary/aromatic N) is 1. The molecule has 0 aromatic heterocycles. The van der Waals surface area contributed by atoms with Crippen LogP contribution in [-0.2, 0) is 6.54 Å². The second-order valence-corrected chi connectivity index (χ2v) is 7.90. The van der Waals surface area contributed by atoms with E-state index in [4.69, 9.17) is 0 Å². The van der Waals surface area contributed by atoms with E-state index in [1.54, 1.807) is 29.2 Å². The van der Waals surface area contributed by atoms with Gasteiger partial charge in [-0.05, 0) is 55.8 Å². The van der Waals surface area contributed by atoms with Crippen molar-refractivity contribution in [1.82, 2.24) is 10.2 Å². The van der Waals surface area contributed by atoms with Crippen LogP contribution in [0.3, 0.4) is 0 Å². The topological polar surface area (TPSA) is 61.4 Å². The van der Waals surface area contributed by atoms with Gasteiger partial charge in [-0.1, -0.05) is 36.4 Å². The fraction of sp³-hybridized carbons (Fsp3) is 0.200. The smallest absolute Gasteiger partial charge is 0.256 e. The van der Waals surface area contributed by atoms with Crippen molar-refractivity contribution in [2.24, 2.45) is 0 Å². The lowest BCUT2D eigenvalue weighted by molar-refractivity contribution is 0.0728. The van der Waals surface area contributed by atoms with Gasteiger partial charge in [0.2, 0.25) is 0 Å². The maximum Gasteiger partial charge on any atom is 0.256 e. The van der Waals surface area contributed by atoms with E-state index in [0.29, 0.717) is 17.7 Å². The normalized spacial score (nSPS) is 15.2. The van der Waals surface area contributed by atoms with Gasteiger partial charge in [0.25, 0.3) is 11.8 Å². The summed E-state index contributed by atoms with van der Waals surface area (Å²) in [5, 5.41) is 6.30. The zero-order chi connectivity index (χ0) is 22.0. The second-order valence-electron chi connectivity index (χ2n) is 7.90. The molecule has 3 aromatic rings. The third kappa shape index (κ3) is 4.43. The molecule has 5 nitrogen and oxygen atoms in total. The fourth-order valence-corrected chi connectivity index (χ4v) is 3.73. The largest absolute Gasteiger partial charge is 0.361 e. The molecule has 0 spiro atoms. The zero-order valence-corrected chi connectivity index (χ0v) is 17.4. The lowest BCUT2D eigenvalue weighted by atomic mass is 10.1. The molecule has 0 unspecified atom stereocenters. The minimum atomic E-state index is -0.405. The third-order valence-electron chi connectivity index (χ3n) is 5.17. The van der Waals surface area contributed by atoms with Gasteiger partial charge in [0, 0.05) is 35.0 Å². The van der Waals surface area contributed by atoms with Crippen molar-refractivity contribution in [3.63, 3.8) is 0 Å². The molecule has 1 aliphatic heterocycles. The van der Waals surface area contributed by atoms with Gasteiger partial charge in [-0.25, -0.2) is 4.39 Å². The minimum absolute atomic E-state index is 0.0367. The number of anilines is 1. The van der Waals surface area contributed by atoms with Crippen LogP contribution in [0.25, 0.3) is 0 Å². The van der Waals surface area contributed by atoms with E-state index >= 15 is 0 Å². The number of nitrogens with one attached hydrogen (secondary N) is 2. The molecule has 3 aromatic carbocycles. The average molecular weight is 417 g/mol. The lowest BCUT2D eigenvalue weighted by Crippen LogP contribution is -2.32. The van der Waals surface area contributed by atoms with Crippen LogP contribution in [0, 0.1) is 5.82 Å². The maximum atomic E-state index is 13.3. The van der Waals surface area contributed by atoms with Crippen LogP contribution < -0.4 is 10.6 Å². The van der Waals surface area contributed by atoms with Crippen LogP contribution in [0.15, 0.2) is 72.8 Å². The Morgan fingerprint density at radius 2 is 1.77 bits per heavy atom. The first kappa shape index (κ1) is 20.6. The highest BCUT2D eigenvalue weighted by Crippen LogP contribution is 2.35. The van der Waals surface area contributed by atoms with Gasteiger partial charge in [0.05, 0.1) is 0 Å². The van der Waals surface area contributed by atoms with E-state index in [9.17, 15) is 14.0 Å². The van der Waals surface area contributed by atoms with Gasteiger partial charge < -0.3 is 15.5 Å². The number of carbonyl (C=O) groups excluding carboxylic acids is 2. The Morgan fingerprint density at radius 3 is 2.52 bits per heavy atom. The molecule has 0 fully saturated rings. The number of carbonyl (C=O) groups is 2. The Bertz CT molecular complexity index is 1110. The van der Waals surface area contributed by atoms with E-state index < -0.39 is 6.17 Å². The molecule has 0 bridgehead atoms. The molecular formula is C25H24FN3O2. The molecule has 2 amide bonds. The van der Waals surface area contributed by atoms with Crippen LogP contribution in [0.5, 0.6) is 0 Å². The number of hydrogen-bond donors (Lipinski definition) is 2. The molecule has 0 saturated heterocycles. The molecule has 1 heterocycles. The molecule has 0 saturated carbocycles. The summed E-state index contributed by atoms with van der Waals surface area (Å²) in [6.45, 7) is 4.15. The molecule has 158 valence electrons. The first-order valence-corrected chi connectivity index (χ1v) is 10.2. The summed E-state index contributed by atoms with van der Waals surface area (Å²) in [4.78, 5) is 27.2. The molecule has 31 heavy (non-hydrogen) atoms.